The Morgan fingerprint density at radius 2 is 1.87 bits per heavy atom. The zero-order valence-electron chi connectivity index (χ0n) is 12.6. The number of hydrogen-bond donors (Lipinski definition) is 1. The largest absolute Gasteiger partial charge is 0.338 e. The zero-order valence-corrected chi connectivity index (χ0v) is 13.3. The van der Waals surface area contributed by atoms with Gasteiger partial charge in [-0.2, -0.15) is 0 Å². The third kappa shape index (κ3) is 3.71. The van der Waals surface area contributed by atoms with Crippen molar-refractivity contribution in [3.8, 4) is 0 Å². The number of rotatable bonds is 4. The number of nitrogens with zero attached hydrogens (tertiary/aromatic N) is 1. The molecule has 2 aromatic carbocycles. The van der Waals surface area contributed by atoms with Crippen molar-refractivity contribution in [3.63, 3.8) is 0 Å². The van der Waals surface area contributed by atoms with Crippen molar-refractivity contribution in [3.05, 3.63) is 64.7 Å². The lowest BCUT2D eigenvalue weighted by molar-refractivity contribution is -0.128. The van der Waals surface area contributed by atoms with Crippen LogP contribution in [-0.4, -0.2) is 23.3 Å². The van der Waals surface area contributed by atoms with Gasteiger partial charge in [0.1, 0.15) is 0 Å². The van der Waals surface area contributed by atoms with Crippen LogP contribution in [0.15, 0.2) is 48.5 Å². The zero-order chi connectivity index (χ0) is 16.2. The first kappa shape index (κ1) is 15.6. The van der Waals surface area contributed by atoms with E-state index in [0.717, 1.165) is 18.5 Å². The van der Waals surface area contributed by atoms with E-state index in [1.807, 2.05) is 29.2 Å². The van der Waals surface area contributed by atoms with Crippen LogP contribution in [0, 0.1) is 0 Å². The standard InChI is InChI=1S/C18H17ClN2O2/c19-15-4-1-2-5-16(15)20-18(23)14-9-7-13(8-10-14)12-21-11-3-6-17(21)22/h1-2,4-5,7-10H,3,6,11-12H2,(H,20,23). The van der Waals surface area contributed by atoms with Crippen LogP contribution in [0.25, 0.3) is 0 Å². The normalized spacial score (nSPS) is 14.1. The van der Waals surface area contributed by atoms with Crippen molar-refractivity contribution in [2.45, 2.75) is 19.4 Å². The quantitative estimate of drug-likeness (QED) is 0.930. The third-order valence-electron chi connectivity index (χ3n) is 3.88. The molecule has 0 unspecified atom stereocenters. The second-order valence-electron chi connectivity index (χ2n) is 5.55. The van der Waals surface area contributed by atoms with Crippen LogP contribution in [-0.2, 0) is 11.3 Å². The van der Waals surface area contributed by atoms with E-state index in [0.29, 0.717) is 29.2 Å². The number of carbonyl (C=O) groups excluding carboxylic acids is 2. The number of anilines is 1. The summed E-state index contributed by atoms with van der Waals surface area (Å²) in [7, 11) is 0. The second-order valence-corrected chi connectivity index (χ2v) is 5.96. The van der Waals surface area contributed by atoms with Gasteiger partial charge in [0.15, 0.2) is 0 Å². The topological polar surface area (TPSA) is 49.4 Å². The summed E-state index contributed by atoms with van der Waals surface area (Å²) in [6.07, 6.45) is 1.56. The number of halogens is 1. The summed E-state index contributed by atoms with van der Waals surface area (Å²) in [5, 5.41) is 3.30. The van der Waals surface area contributed by atoms with E-state index in [4.69, 9.17) is 11.6 Å². The van der Waals surface area contributed by atoms with Gasteiger partial charge in [-0.1, -0.05) is 35.9 Å². The molecule has 4 nitrogen and oxygen atoms in total. The Labute approximate surface area is 140 Å². The minimum atomic E-state index is -0.207. The van der Waals surface area contributed by atoms with E-state index in [2.05, 4.69) is 5.32 Å². The van der Waals surface area contributed by atoms with Gasteiger partial charge in [0.2, 0.25) is 5.91 Å². The highest BCUT2D eigenvalue weighted by atomic mass is 35.5. The van der Waals surface area contributed by atoms with Gasteiger partial charge in [-0.25, -0.2) is 0 Å². The predicted molar refractivity (Wildman–Crippen MR) is 90.5 cm³/mol. The molecule has 0 saturated carbocycles. The second kappa shape index (κ2) is 6.84. The summed E-state index contributed by atoms with van der Waals surface area (Å²) in [6, 6.07) is 14.4. The smallest absolute Gasteiger partial charge is 0.255 e. The fourth-order valence-electron chi connectivity index (χ4n) is 2.61. The summed E-state index contributed by atoms with van der Waals surface area (Å²) >= 11 is 6.04. The molecule has 0 aromatic heterocycles. The van der Waals surface area contributed by atoms with Gasteiger partial charge >= 0.3 is 0 Å². The van der Waals surface area contributed by atoms with Crippen molar-refractivity contribution in [1.29, 1.82) is 0 Å². The molecule has 2 amide bonds. The van der Waals surface area contributed by atoms with Crippen molar-refractivity contribution in [2.75, 3.05) is 11.9 Å². The average molecular weight is 329 g/mol. The fourth-order valence-corrected chi connectivity index (χ4v) is 2.79. The molecule has 5 heteroatoms. The lowest BCUT2D eigenvalue weighted by atomic mass is 10.1. The van der Waals surface area contributed by atoms with Gasteiger partial charge in [-0.15, -0.1) is 0 Å². The van der Waals surface area contributed by atoms with Crippen LogP contribution < -0.4 is 5.32 Å². The first-order valence-corrected chi connectivity index (χ1v) is 7.94. The Morgan fingerprint density at radius 3 is 2.52 bits per heavy atom. The van der Waals surface area contributed by atoms with E-state index >= 15 is 0 Å². The van der Waals surface area contributed by atoms with Crippen LogP contribution in [0.4, 0.5) is 5.69 Å². The fraction of sp³-hybridized carbons (Fsp3) is 0.222. The summed E-state index contributed by atoms with van der Waals surface area (Å²) in [4.78, 5) is 25.7. The summed E-state index contributed by atoms with van der Waals surface area (Å²) in [6.45, 7) is 1.42. The molecule has 0 spiro atoms. The molecule has 2 aromatic rings. The summed E-state index contributed by atoms with van der Waals surface area (Å²) < 4.78 is 0. The highest BCUT2D eigenvalue weighted by Gasteiger charge is 2.20. The summed E-state index contributed by atoms with van der Waals surface area (Å²) in [5.41, 5.74) is 2.17. The minimum Gasteiger partial charge on any atom is -0.338 e. The predicted octanol–water partition coefficient (Wildman–Crippen LogP) is 3.71. The minimum absolute atomic E-state index is 0.200. The summed E-state index contributed by atoms with van der Waals surface area (Å²) in [5.74, 6) is -0.00700. The van der Waals surface area contributed by atoms with E-state index < -0.39 is 0 Å². The van der Waals surface area contributed by atoms with E-state index in [-0.39, 0.29) is 11.8 Å². The van der Waals surface area contributed by atoms with Gasteiger partial charge in [0, 0.05) is 25.1 Å². The highest BCUT2D eigenvalue weighted by molar-refractivity contribution is 6.33. The van der Waals surface area contributed by atoms with E-state index in [1.165, 1.54) is 0 Å². The Kier molecular flexibility index (Phi) is 4.63. The molecule has 1 fully saturated rings. The number of para-hydroxylation sites is 1. The third-order valence-corrected chi connectivity index (χ3v) is 4.21. The molecule has 1 aliphatic heterocycles. The maximum absolute atomic E-state index is 12.2. The van der Waals surface area contributed by atoms with Gasteiger partial charge in [0.25, 0.3) is 5.91 Å². The molecular weight excluding hydrogens is 312 g/mol. The molecule has 118 valence electrons. The Balaban J connectivity index is 1.66. The molecule has 1 N–H and O–H groups in total. The van der Waals surface area contributed by atoms with Gasteiger partial charge in [-0.05, 0) is 36.2 Å². The monoisotopic (exact) mass is 328 g/mol. The molecular formula is C18H17ClN2O2. The van der Waals surface area contributed by atoms with Gasteiger partial charge in [0.05, 0.1) is 10.7 Å². The van der Waals surface area contributed by atoms with Crippen LogP contribution in [0.2, 0.25) is 5.02 Å². The number of benzene rings is 2. The molecule has 3 rings (SSSR count). The van der Waals surface area contributed by atoms with Crippen molar-refractivity contribution >= 4 is 29.1 Å². The molecule has 1 heterocycles. The Morgan fingerprint density at radius 1 is 1.13 bits per heavy atom. The van der Waals surface area contributed by atoms with E-state index in [1.54, 1.807) is 24.3 Å². The molecule has 0 atom stereocenters. The molecule has 23 heavy (non-hydrogen) atoms. The Hall–Kier alpha value is -2.33. The van der Waals surface area contributed by atoms with Crippen molar-refractivity contribution in [1.82, 2.24) is 4.90 Å². The highest BCUT2D eigenvalue weighted by Crippen LogP contribution is 2.21. The van der Waals surface area contributed by atoms with Gasteiger partial charge < -0.3 is 10.2 Å². The van der Waals surface area contributed by atoms with Crippen LogP contribution >= 0.6 is 11.6 Å². The number of nitrogens with one attached hydrogen (secondary N) is 1. The first-order valence-electron chi connectivity index (χ1n) is 7.56. The Bertz CT molecular complexity index is 728. The number of hydrogen-bond acceptors (Lipinski definition) is 2. The lowest BCUT2D eigenvalue weighted by Crippen LogP contribution is -2.23. The maximum atomic E-state index is 12.2. The maximum Gasteiger partial charge on any atom is 0.255 e. The van der Waals surface area contributed by atoms with Crippen LogP contribution in [0.5, 0.6) is 0 Å². The van der Waals surface area contributed by atoms with Crippen LogP contribution in [0.1, 0.15) is 28.8 Å². The van der Waals surface area contributed by atoms with Crippen molar-refractivity contribution in [2.24, 2.45) is 0 Å². The average Bonchev–Trinajstić information content (AvgIpc) is 2.95. The van der Waals surface area contributed by atoms with E-state index in [9.17, 15) is 9.59 Å². The van der Waals surface area contributed by atoms with Gasteiger partial charge in [-0.3, -0.25) is 9.59 Å². The molecule has 0 radical (unpaired) electrons. The van der Waals surface area contributed by atoms with Crippen LogP contribution in [0.3, 0.4) is 0 Å². The SMILES string of the molecule is O=C(Nc1ccccc1Cl)c1ccc(CN2CCCC2=O)cc1. The molecule has 1 aliphatic rings. The number of likely N-dealkylation sites (tertiary alicyclic amines) is 1. The number of carbonyl (C=O) groups is 2. The number of amides is 2. The molecule has 0 aliphatic carbocycles. The first-order chi connectivity index (χ1) is 11.1. The lowest BCUT2D eigenvalue weighted by Gasteiger charge is -2.15. The molecule has 1 saturated heterocycles. The van der Waals surface area contributed by atoms with Crippen molar-refractivity contribution < 1.29 is 9.59 Å². The molecule has 0 bridgehead atoms.